The lowest BCUT2D eigenvalue weighted by molar-refractivity contribution is 0.0905. The van der Waals surface area contributed by atoms with Crippen LogP contribution in [0.1, 0.15) is 35.2 Å². The molecule has 9 heteroatoms. The summed E-state index contributed by atoms with van der Waals surface area (Å²) in [5.74, 6) is 0.161. The van der Waals surface area contributed by atoms with Crippen molar-refractivity contribution >= 4 is 5.91 Å². The number of ether oxygens (including phenoxy) is 1. The third-order valence-corrected chi connectivity index (χ3v) is 4.61. The molecule has 2 aromatic heterocycles. The minimum absolute atomic E-state index is 0.119. The largest absolute Gasteiger partial charge is 0.471 e. The highest BCUT2D eigenvalue weighted by atomic mass is 19.1. The van der Waals surface area contributed by atoms with Crippen molar-refractivity contribution in [1.29, 1.82) is 0 Å². The topological polar surface area (TPSA) is 102 Å². The van der Waals surface area contributed by atoms with E-state index in [1.807, 2.05) is 6.92 Å². The number of aromatic nitrogens is 3. The molecule has 0 saturated carbocycles. The average molecular weight is 402 g/mol. The molecule has 1 atom stereocenters. The number of amides is 1. The molecule has 0 fully saturated rings. The van der Waals surface area contributed by atoms with Gasteiger partial charge < -0.3 is 19.7 Å². The molecule has 0 aliphatic heterocycles. The Morgan fingerprint density at radius 2 is 2.10 bits per heavy atom. The number of nitrogens with one attached hydrogen (secondary N) is 1. The van der Waals surface area contributed by atoms with E-state index in [0.717, 1.165) is 0 Å². The highest BCUT2D eigenvalue weighted by Crippen LogP contribution is 2.26. The third kappa shape index (κ3) is 4.62. The Hall–Kier alpha value is -3.20. The molecule has 3 aromatic rings. The minimum atomic E-state index is -0.344. The Balaban J connectivity index is 1.74. The van der Waals surface area contributed by atoms with Gasteiger partial charge in [0.2, 0.25) is 5.88 Å². The highest BCUT2D eigenvalue weighted by Gasteiger charge is 2.19. The van der Waals surface area contributed by atoms with Crippen LogP contribution in [0.2, 0.25) is 0 Å². The van der Waals surface area contributed by atoms with Crippen LogP contribution in [0.15, 0.2) is 34.9 Å². The maximum absolute atomic E-state index is 13.2. The average Bonchev–Trinajstić information content (AvgIpc) is 3.27. The van der Waals surface area contributed by atoms with Gasteiger partial charge in [-0.25, -0.2) is 4.39 Å². The van der Waals surface area contributed by atoms with Crippen LogP contribution in [0.4, 0.5) is 4.39 Å². The Bertz CT molecular complexity index is 977. The van der Waals surface area contributed by atoms with E-state index < -0.39 is 0 Å². The van der Waals surface area contributed by atoms with Gasteiger partial charge in [0.1, 0.15) is 29.6 Å². The van der Waals surface area contributed by atoms with E-state index in [4.69, 9.17) is 9.26 Å². The van der Waals surface area contributed by atoms with Crippen molar-refractivity contribution in [3.05, 3.63) is 53.2 Å². The van der Waals surface area contributed by atoms with Crippen LogP contribution in [0.25, 0.3) is 11.3 Å². The second-order valence-electron chi connectivity index (χ2n) is 6.61. The fourth-order valence-corrected chi connectivity index (χ4v) is 2.80. The van der Waals surface area contributed by atoms with Crippen molar-refractivity contribution < 1.29 is 23.6 Å². The molecule has 29 heavy (non-hydrogen) atoms. The summed E-state index contributed by atoms with van der Waals surface area (Å²) in [6.07, 6.45) is 0.613. The number of carbonyl (C=O) groups excluding carboxylic acids is 1. The van der Waals surface area contributed by atoms with Crippen LogP contribution in [0.3, 0.4) is 0 Å². The molecular weight excluding hydrogens is 379 g/mol. The predicted molar refractivity (Wildman–Crippen MR) is 103 cm³/mol. The number of aliphatic hydroxyl groups is 1. The summed E-state index contributed by atoms with van der Waals surface area (Å²) in [6.45, 7) is 3.62. The number of halogens is 1. The molecule has 1 aromatic carbocycles. The monoisotopic (exact) mass is 402 g/mol. The number of rotatable bonds is 8. The smallest absolute Gasteiger partial charge is 0.269 e. The molecule has 154 valence electrons. The zero-order valence-electron chi connectivity index (χ0n) is 16.5. The molecule has 0 aliphatic carbocycles. The summed E-state index contributed by atoms with van der Waals surface area (Å²) in [7, 11) is 1.64. The standard InChI is InChI=1S/C20H23FN4O4/c1-4-15(10-26)22-20(27)17-9-18(23-25(17)3)28-11-16-12(2)29-24-19(16)13-5-7-14(21)8-6-13/h5-9,15,26H,4,10-11H2,1-3H3,(H,22,27)/t15-/m0/s1. The molecule has 1 amide bonds. The van der Waals surface area contributed by atoms with Crippen LogP contribution in [0, 0.1) is 12.7 Å². The lowest BCUT2D eigenvalue weighted by Crippen LogP contribution is -2.37. The van der Waals surface area contributed by atoms with Gasteiger partial charge >= 0.3 is 0 Å². The Labute approximate surface area is 167 Å². The lowest BCUT2D eigenvalue weighted by atomic mass is 10.1. The first-order chi connectivity index (χ1) is 13.9. The van der Waals surface area contributed by atoms with Gasteiger partial charge in [-0.2, -0.15) is 0 Å². The summed E-state index contributed by atoms with van der Waals surface area (Å²) in [5.41, 5.74) is 2.29. The van der Waals surface area contributed by atoms with Crippen LogP contribution >= 0.6 is 0 Å². The van der Waals surface area contributed by atoms with Crippen LogP contribution in [-0.4, -0.2) is 38.6 Å². The van der Waals surface area contributed by atoms with Gasteiger partial charge in [0.05, 0.1) is 18.2 Å². The maximum Gasteiger partial charge on any atom is 0.269 e. The van der Waals surface area contributed by atoms with Gasteiger partial charge in [0, 0.05) is 18.7 Å². The van der Waals surface area contributed by atoms with E-state index in [1.165, 1.54) is 22.9 Å². The van der Waals surface area contributed by atoms with E-state index in [-0.39, 0.29) is 36.9 Å². The fraction of sp³-hybridized carbons (Fsp3) is 0.350. The number of nitrogens with zero attached hydrogens (tertiary/aromatic N) is 3. The van der Waals surface area contributed by atoms with Gasteiger partial charge in [0.15, 0.2) is 0 Å². The third-order valence-electron chi connectivity index (χ3n) is 4.61. The molecule has 0 spiro atoms. The SMILES string of the molecule is CC[C@@H](CO)NC(=O)c1cc(OCc2c(-c3ccc(F)cc3)noc2C)nn1C. The second-order valence-corrected chi connectivity index (χ2v) is 6.61. The molecule has 0 saturated heterocycles. The van der Waals surface area contributed by atoms with E-state index >= 15 is 0 Å². The van der Waals surface area contributed by atoms with E-state index in [1.54, 1.807) is 26.1 Å². The van der Waals surface area contributed by atoms with Crippen LogP contribution in [-0.2, 0) is 13.7 Å². The number of benzene rings is 1. The van der Waals surface area contributed by atoms with E-state index in [0.29, 0.717) is 34.7 Å². The highest BCUT2D eigenvalue weighted by molar-refractivity contribution is 5.93. The summed E-state index contributed by atoms with van der Waals surface area (Å²) in [6, 6.07) is 7.14. The molecule has 0 bridgehead atoms. The normalized spacial score (nSPS) is 12.0. The lowest BCUT2D eigenvalue weighted by Gasteiger charge is -2.13. The number of aryl methyl sites for hydroxylation is 2. The van der Waals surface area contributed by atoms with Crippen molar-refractivity contribution in [3.63, 3.8) is 0 Å². The molecular formula is C20H23FN4O4. The first-order valence-electron chi connectivity index (χ1n) is 9.22. The van der Waals surface area contributed by atoms with Crippen LogP contribution < -0.4 is 10.1 Å². The van der Waals surface area contributed by atoms with Crippen molar-refractivity contribution in [2.45, 2.75) is 32.9 Å². The summed E-state index contributed by atoms with van der Waals surface area (Å²) < 4.78 is 25.6. The van der Waals surface area contributed by atoms with Gasteiger partial charge in [-0.3, -0.25) is 9.48 Å². The second kappa shape index (κ2) is 8.87. The summed E-state index contributed by atoms with van der Waals surface area (Å²) in [5, 5.41) is 20.2. The quantitative estimate of drug-likeness (QED) is 0.600. The molecule has 2 heterocycles. The van der Waals surface area contributed by atoms with Gasteiger partial charge in [-0.05, 0) is 37.6 Å². The van der Waals surface area contributed by atoms with Crippen molar-refractivity contribution in [1.82, 2.24) is 20.3 Å². The molecule has 8 nitrogen and oxygen atoms in total. The van der Waals surface area contributed by atoms with Crippen LogP contribution in [0.5, 0.6) is 5.88 Å². The molecule has 0 unspecified atom stereocenters. The van der Waals surface area contributed by atoms with Gasteiger partial charge in [0.25, 0.3) is 5.91 Å². The van der Waals surface area contributed by atoms with Gasteiger partial charge in [-0.1, -0.05) is 12.1 Å². The number of aliphatic hydroxyl groups excluding tert-OH is 1. The van der Waals surface area contributed by atoms with Crippen molar-refractivity contribution in [3.8, 4) is 17.1 Å². The zero-order chi connectivity index (χ0) is 21.0. The van der Waals surface area contributed by atoms with Crippen molar-refractivity contribution in [2.24, 2.45) is 7.05 Å². The Morgan fingerprint density at radius 3 is 2.76 bits per heavy atom. The molecule has 0 aliphatic rings. The summed E-state index contributed by atoms with van der Waals surface area (Å²) >= 11 is 0. The fourth-order valence-electron chi connectivity index (χ4n) is 2.80. The Kier molecular flexibility index (Phi) is 6.28. The Morgan fingerprint density at radius 1 is 1.38 bits per heavy atom. The van der Waals surface area contributed by atoms with E-state index in [9.17, 15) is 14.3 Å². The van der Waals surface area contributed by atoms with E-state index in [2.05, 4.69) is 15.6 Å². The molecule has 0 radical (unpaired) electrons. The zero-order valence-corrected chi connectivity index (χ0v) is 16.5. The minimum Gasteiger partial charge on any atom is -0.471 e. The predicted octanol–water partition coefficient (Wildman–Crippen LogP) is 2.60. The van der Waals surface area contributed by atoms with Gasteiger partial charge in [-0.15, -0.1) is 5.10 Å². The number of carbonyl (C=O) groups is 1. The number of hydrogen-bond donors (Lipinski definition) is 2. The first-order valence-corrected chi connectivity index (χ1v) is 9.22. The number of hydrogen-bond acceptors (Lipinski definition) is 6. The maximum atomic E-state index is 13.2. The molecule has 3 rings (SSSR count). The summed E-state index contributed by atoms with van der Waals surface area (Å²) in [4.78, 5) is 12.4. The first kappa shape index (κ1) is 20.5. The molecule has 2 N–H and O–H groups in total. The van der Waals surface area contributed by atoms with Crippen molar-refractivity contribution in [2.75, 3.05) is 6.61 Å².